The first-order chi connectivity index (χ1) is 19.9. The van der Waals surface area contributed by atoms with Crippen LogP contribution in [0.4, 0.5) is 5.69 Å². The Morgan fingerprint density at radius 1 is 0.878 bits per heavy atom. The molecule has 1 atom stereocenters. The first-order valence-corrected chi connectivity index (χ1v) is 13.8. The largest absolute Gasteiger partial charge is 0.493 e. The second-order valence-electron chi connectivity index (χ2n) is 9.08. The Kier molecular flexibility index (Phi) is 8.48. The number of anilines is 1. The summed E-state index contributed by atoms with van der Waals surface area (Å²) in [6.07, 6.45) is -0.770. The number of halogens is 1. The molecular weight excluding hydrogens is 637 g/mol. The number of amides is 2. The Morgan fingerprint density at radius 3 is 2.24 bits per heavy atom. The van der Waals surface area contributed by atoms with E-state index in [1.165, 1.54) is 38.5 Å². The molecule has 0 saturated carbocycles. The number of hydrogen-bond donors (Lipinski definition) is 2. The van der Waals surface area contributed by atoms with Crippen molar-refractivity contribution in [2.24, 2.45) is 0 Å². The van der Waals surface area contributed by atoms with E-state index in [0.717, 1.165) is 9.13 Å². The number of benzene rings is 4. The molecule has 0 spiro atoms. The predicted molar refractivity (Wildman–Crippen MR) is 162 cm³/mol. The number of fused-ring (bicyclic) bond motifs is 1. The van der Waals surface area contributed by atoms with Crippen LogP contribution in [0.15, 0.2) is 84.9 Å². The molecule has 5 rings (SSSR count). The number of hydrogen-bond acceptors (Lipinski definition) is 7. The second kappa shape index (κ2) is 12.4. The van der Waals surface area contributed by atoms with Crippen molar-refractivity contribution >= 4 is 40.1 Å². The maximum Gasteiger partial charge on any atom is 0.276 e. The van der Waals surface area contributed by atoms with E-state index in [4.69, 9.17) is 18.9 Å². The molecule has 0 fully saturated rings. The van der Waals surface area contributed by atoms with Gasteiger partial charge in [0.05, 0.1) is 26.9 Å². The van der Waals surface area contributed by atoms with Gasteiger partial charge < -0.3 is 24.3 Å². The number of carbonyl (C=O) groups excluding carboxylic acids is 2. The molecule has 0 aromatic heterocycles. The zero-order valence-electron chi connectivity index (χ0n) is 22.6. The number of methoxy groups -OCH3 is 3. The maximum atomic E-state index is 13.9. The summed E-state index contributed by atoms with van der Waals surface area (Å²) >= 11 is 2.15. The number of carbonyl (C=O) groups is 2. The Balaban J connectivity index is 1.52. The minimum atomic E-state index is -0.770. The second-order valence-corrected chi connectivity index (χ2v) is 10.3. The molecule has 1 aliphatic heterocycles. The minimum Gasteiger partial charge on any atom is -0.493 e. The van der Waals surface area contributed by atoms with Gasteiger partial charge in [0.25, 0.3) is 11.8 Å². The number of nitrogens with one attached hydrogen (secondary N) is 2. The van der Waals surface area contributed by atoms with Crippen LogP contribution >= 0.6 is 22.6 Å². The van der Waals surface area contributed by atoms with E-state index in [-0.39, 0.29) is 11.5 Å². The van der Waals surface area contributed by atoms with Gasteiger partial charge in [0.2, 0.25) is 5.75 Å². The highest BCUT2D eigenvalue weighted by molar-refractivity contribution is 14.1. The SMILES string of the molecule is COc1cc(C(=O)NN2C(=O)c3cc(I)ccc3N[C@@H]2c2ccccc2OCc2ccccc2)cc(OC)c1OC. The van der Waals surface area contributed by atoms with E-state index in [1.807, 2.05) is 66.7 Å². The molecule has 0 unspecified atom stereocenters. The van der Waals surface area contributed by atoms with Crippen LogP contribution in [0.3, 0.4) is 0 Å². The average molecular weight is 665 g/mol. The van der Waals surface area contributed by atoms with E-state index >= 15 is 0 Å². The molecular formula is C31H28IN3O6. The van der Waals surface area contributed by atoms with Gasteiger partial charge in [0, 0.05) is 20.4 Å². The van der Waals surface area contributed by atoms with Crippen molar-refractivity contribution in [3.8, 4) is 23.0 Å². The molecule has 0 radical (unpaired) electrons. The van der Waals surface area contributed by atoms with Crippen molar-refractivity contribution in [3.05, 3.63) is 111 Å². The smallest absolute Gasteiger partial charge is 0.276 e. The summed E-state index contributed by atoms with van der Waals surface area (Å²) in [6, 6.07) is 25.8. The van der Waals surface area contributed by atoms with Gasteiger partial charge in [-0.2, -0.15) is 0 Å². The first kappa shape index (κ1) is 28.1. The molecule has 0 saturated heterocycles. The lowest BCUT2D eigenvalue weighted by Crippen LogP contribution is -2.53. The van der Waals surface area contributed by atoms with Gasteiger partial charge in [-0.3, -0.25) is 15.0 Å². The Morgan fingerprint density at radius 2 is 1.56 bits per heavy atom. The zero-order chi connectivity index (χ0) is 28.9. The molecule has 2 amide bonds. The summed E-state index contributed by atoms with van der Waals surface area (Å²) < 4.78 is 23.3. The molecule has 1 aliphatic rings. The molecule has 0 bridgehead atoms. The van der Waals surface area contributed by atoms with E-state index in [2.05, 4.69) is 33.3 Å². The molecule has 210 valence electrons. The molecule has 41 heavy (non-hydrogen) atoms. The number of rotatable bonds is 9. The third kappa shape index (κ3) is 5.87. The van der Waals surface area contributed by atoms with Gasteiger partial charge in [0.15, 0.2) is 17.7 Å². The molecule has 4 aromatic carbocycles. The fraction of sp³-hybridized carbons (Fsp3) is 0.161. The first-order valence-electron chi connectivity index (χ1n) is 12.7. The normalized spacial score (nSPS) is 14.0. The third-order valence-corrected chi connectivity index (χ3v) is 7.25. The highest BCUT2D eigenvalue weighted by atomic mass is 127. The summed E-state index contributed by atoms with van der Waals surface area (Å²) in [5.74, 6) is 0.644. The van der Waals surface area contributed by atoms with Crippen LogP contribution in [-0.2, 0) is 6.61 Å². The van der Waals surface area contributed by atoms with Crippen molar-refractivity contribution in [2.75, 3.05) is 26.6 Å². The van der Waals surface area contributed by atoms with Gasteiger partial charge in [-0.25, -0.2) is 5.01 Å². The Labute approximate surface area is 251 Å². The van der Waals surface area contributed by atoms with Gasteiger partial charge in [0.1, 0.15) is 12.4 Å². The van der Waals surface area contributed by atoms with Crippen LogP contribution in [0.5, 0.6) is 23.0 Å². The fourth-order valence-electron chi connectivity index (χ4n) is 4.57. The highest BCUT2D eigenvalue weighted by Gasteiger charge is 2.36. The molecule has 1 heterocycles. The van der Waals surface area contributed by atoms with E-state index < -0.39 is 12.1 Å². The lowest BCUT2D eigenvalue weighted by atomic mass is 10.0. The predicted octanol–water partition coefficient (Wildman–Crippen LogP) is 5.81. The molecule has 2 N–H and O–H groups in total. The minimum absolute atomic E-state index is 0.216. The van der Waals surface area contributed by atoms with Crippen LogP contribution in [0.1, 0.15) is 38.0 Å². The summed E-state index contributed by atoms with van der Waals surface area (Å²) in [4.78, 5) is 27.5. The van der Waals surface area contributed by atoms with Crippen molar-refractivity contribution in [2.45, 2.75) is 12.8 Å². The quantitative estimate of drug-likeness (QED) is 0.218. The van der Waals surface area contributed by atoms with Crippen LogP contribution < -0.4 is 29.7 Å². The van der Waals surface area contributed by atoms with Crippen LogP contribution in [0.2, 0.25) is 0 Å². The van der Waals surface area contributed by atoms with Crippen LogP contribution in [0, 0.1) is 3.57 Å². The standard InChI is InChI=1S/C31H28IN3O6/c1-38-26-15-20(16-27(39-2)28(26)40-3)30(36)34-35-29(33-24-14-13-21(32)17-23(24)31(35)37)22-11-7-8-12-25(22)41-18-19-9-5-4-6-10-19/h4-17,29,33H,18H2,1-3H3,(H,34,36)/t29-/m0/s1. The van der Waals surface area contributed by atoms with Crippen LogP contribution in [-0.4, -0.2) is 38.2 Å². The molecule has 10 heteroatoms. The summed E-state index contributed by atoms with van der Waals surface area (Å²) in [5.41, 5.74) is 5.78. The third-order valence-electron chi connectivity index (χ3n) is 6.58. The molecule has 9 nitrogen and oxygen atoms in total. The zero-order valence-corrected chi connectivity index (χ0v) is 24.8. The van der Waals surface area contributed by atoms with Crippen molar-refractivity contribution < 1.29 is 28.5 Å². The average Bonchev–Trinajstić information content (AvgIpc) is 3.01. The van der Waals surface area contributed by atoms with Crippen molar-refractivity contribution in [1.29, 1.82) is 0 Å². The van der Waals surface area contributed by atoms with Crippen LogP contribution in [0.25, 0.3) is 0 Å². The Hall–Kier alpha value is -4.45. The number of hydrazine groups is 1. The van der Waals surface area contributed by atoms with Gasteiger partial charge in [-0.15, -0.1) is 0 Å². The van der Waals surface area contributed by atoms with Gasteiger partial charge >= 0.3 is 0 Å². The van der Waals surface area contributed by atoms with E-state index in [0.29, 0.717) is 46.4 Å². The summed E-state index contributed by atoms with van der Waals surface area (Å²) in [5, 5.41) is 4.70. The number of nitrogens with zero attached hydrogens (tertiary/aromatic N) is 1. The van der Waals surface area contributed by atoms with E-state index in [9.17, 15) is 9.59 Å². The fourth-order valence-corrected chi connectivity index (χ4v) is 5.06. The van der Waals surface area contributed by atoms with Crippen molar-refractivity contribution in [1.82, 2.24) is 10.4 Å². The lowest BCUT2D eigenvalue weighted by Gasteiger charge is -2.38. The highest BCUT2D eigenvalue weighted by Crippen LogP contribution is 2.39. The summed E-state index contributed by atoms with van der Waals surface area (Å²) in [7, 11) is 4.43. The van der Waals surface area contributed by atoms with E-state index in [1.54, 1.807) is 6.07 Å². The number of ether oxygens (including phenoxy) is 4. The van der Waals surface area contributed by atoms with Gasteiger partial charge in [-0.05, 0) is 64.6 Å². The summed E-state index contributed by atoms with van der Waals surface area (Å²) in [6.45, 7) is 0.338. The Bertz CT molecular complexity index is 1550. The topological polar surface area (TPSA) is 98.4 Å². The van der Waals surface area contributed by atoms with Gasteiger partial charge in [-0.1, -0.05) is 48.5 Å². The van der Waals surface area contributed by atoms with Crippen molar-refractivity contribution in [3.63, 3.8) is 0 Å². The lowest BCUT2D eigenvalue weighted by molar-refractivity contribution is 0.0487. The number of para-hydroxylation sites is 1. The molecule has 4 aromatic rings. The maximum absolute atomic E-state index is 13.9. The molecule has 0 aliphatic carbocycles. The monoisotopic (exact) mass is 665 g/mol.